The van der Waals surface area contributed by atoms with Crippen LogP contribution in [0.25, 0.3) is 0 Å². The molecule has 31 heavy (non-hydrogen) atoms. The largest absolute Gasteiger partial charge is 0.326 e. The second kappa shape index (κ2) is 22.9. The van der Waals surface area contributed by atoms with Gasteiger partial charge in [-0.3, -0.25) is 0 Å². The molecular formula is C30H61N. The maximum Gasteiger partial charge on any atom is 0.00970 e. The number of nitrogens with two attached hydrogens (primary N) is 1. The molecule has 0 atom stereocenters. The van der Waals surface area contributed by atoms with Gasteiger partial charge >= 0.3 is 0 Å². The highest BCUT2D eigenvalue weighted by atomic mass is 14.7. The summed E-state index contributed by atoms with van der Waals surface area (Å²) >= 11 is 0. The molecule has 186 valence electrons. The molecule has 0 saturated heterocycles. The van der Waals surface area contributed by atoms with E-state index in [1.165, 1.54) is 153 Å². The monoisotopic (exact) mass is 435 g/mol. The first-order valence-electron chi connectivity index (χ1n) is 14.4. The molecule has 0 bridgehead atoms. The number of hydrogen-bond acceptors (Lipinski definition) is 1. The van der Waals surface area contributed by atoms with Crippen LogP contribution < -0.4 is 5.73 Å². The molecule has 0 aromatic heterocycles. The average molecular weight is 436 g/mol. The Labute approximate surface area is 198 Å². The summed E-state index contributed by atoms with van der Waals surface area (Å²) in [7, 11) is 0. The van der Waals surface area contributed by atoms with Crippen molar-refractivity contribution in [3.63, 3.8) is 0 Å². The van der Waals surface area contributed by atoms with E-state index in [0.717, 1.165) is 6.42 Å². The number of hydrogen-bond donors (Lipinski definition) is 1. The lowest BCUT2D eigenvalue weighted by Crippen LogP contribution is -2.31. The summed E-state index contributed by atoms with van der Waals surface area (Å²) < 4.78 is 0. The van der Waals surface area contributed by atoms with Crippen molar-refractivity contribution in [2.45, 2.75) is 180 Å². The standard InChI is InChI=1S/C30H61N/c1-5-6-7-8-9-10-11-12-13-14-17-20-23-26-29(2)27-24-21-18-15-16-19-22-25-28-30(3,4)31/h2,5-28,31H2,1,3-4H3. The van der Waals surface area contributed by atoms with E-state index in [0.29, 0.717) is 0 Å². The van der Waals surface area contributed by atoms with Gasteiger partial charge in [-0.05, 0) is 46.0 Å². The minimum absolute atomic E-state index is 0.0232. The zero-order chi connectivity index (χ0) is 23.0. The van der Waals surface area contributed by atoms with Crippen LogP contribution in [0.2, 0.25) is 0 Å². The van der Waals surface area contributed by atoms with E-state index in [4.69, 9.17) is 5.73 Å². The second-order valence-corrected chi connectivity index (χ2v) is 11.1. The molecule has 0 radical (unpaired) electrons. The van der Waals surface area contributed by atoms with Crippen LogP contribution >= 0.6 is 0 Å². The lowest BCUT2D eigenvalue weighted by Gasteiger charge is -2.17. The number of unbranched alkanes of at least 4 members (excludes halogenated alkanes) is 19. The second-order valence-electron chi connectivity index (χ2n) is 11.1. The molecule has 0 unspecified atom stereocenters. The maximum absolute atomic E-state index is 6.04. The molecule has 0 heterocycles. The summed E-state index contributed by atoms with van der Waals surface area (Å²) in [5.74, 6) is 0. The van der Waals surface area contributed by atoms with Gasteiger partial charge in [0.1, 0.15) is 0 Å². The Hall–Kier alpha value is -0.300. The third-order valence-electron chi connectivity index (χ3n) is 6.74. The van der Waals surface area contributed by atoms with Crippen molar-refractivity contribution in [1.29, 1.82) is 0 Å². The van der Waals surface area contributed by atoms with E-state index in [1.54, 1.807) is 0 Å². The molecule has 0 rings (SSSR count). The fourth-order valence-electron chi connectivity index (χ4n) is 4.53. The fraction of sp³-hybridized carbons (Fsp3) is 0.933. The maximum atomic E-state index is 6.04. The zero-order valence-electron chi connectivity index (χ0n) is 22.3. The van der Waals surface area contributed by atoms with Crippen LogP contribution in [0.15, 0.2) is 12.2 Å². The first-order valence-corrected chi connectivity index (χ1v) is 14.4. The molecule has 0 spiro atoms. The molecule has 0 aliphatic rings. The Morgan fingerprint density at radius 1 is 0.516 bits per heavy atom. The van der Waals surface area contributed by atoms with E-state index >= 15 is 0 Å². The zero-order valence-corrected chi connectivity index (χ0v) is 22.3. The smallest absolute Gasteiger partial charge is 0.00970 e. The Balaban J connectivity index is 3.18. The van der Waals surface area contributed by atoms with Gasteiger partial charge in [0.25, 0.3) is 0 Å². The Morgan fingerprint density at radius 2 is 0.806 bits per heavy atom. The quantitative estimate of drug-likeness (QED) is 0.112. The summed E-state index contributed by atoms with van der Waals surface area (Å²) in [6.45, 7) is 10.9. The van der Waals surface area contributed by atoms with Crippen LogP contribution in [-0.4, -0.2) is 5.54 Å². The van der Waals surface area contributed by atoms with Crippen molar-refractivity contribution < 1.29 is 0 Å². The van der Waals surface area contributed by atoms with Crippen molar-refractivity contribution in [2.24, 2.45) is 5.73 Å². The first kappa shape index (κ1) is 30.7. The van der Waals surface area contributed by atoms with E-state index in [1.807, 2.05) is 0 Å². The third-order valence-corrected chi connectivity index (χ3v) is 6.74. The SMILES string of the molecule is C=C(CCCCCCCCCCCCCCC)CCCCCCCCCCC(C)(C)N. The summed E-state index contributed by atoms with van der Waals surface area (Å²) in [4.78, 5) is 0. The molecule has 0 aromatic rings. The summed E-state index contributed by atoms with van der Waals surface area (Å²) in [6.07, 6.45) is 33.5. The van der Waals surface area contributed by atoms with Crippen LogP contribution in [0.3, 0.4) is 0 Å². The van der Waals surface area contributed by atoms with Crippen molar-refractivity contribution in [1.82, 2.24) is 0 Å². The minimum Gasteiger partial charge on any atom is -0.326 e. The van der Waals surface area contributed by atoms with Crippen LogP contribution in [0.5, 0.6) is 0 Å². The number of rotatable bonds is 25. The van der Waals surface area contributed by atoms with E-state index in [-0.39, 0.29) is 5.54 Å². The van der Waals surface area contributed by atoms with Gasteiger partial charge < -0.3 is 5.73 Å². The van der Waals surface area contributed by atoms with Crippen LogP contribution in [-0.2, 0) is 0 Å². The highest BCUT2D eigenvalue weighted by Crippen LogP contribution is 2.18. The molecule has 0 aliphatic heterocycles. The molecule has 0 saturated carbocycles. The van der Waals surface area contributed by atoms with Gasteiger partial charge in [0.05, 0.1) is 0 Å². The van der Waals surface area contributed by atoms with Gasteiger partial charge in [0.2, 0.25) is 0 Å². The summed E-state index contributed by atoms with van der Waals surface area (Å²) in [5, 5.41) is 0. The van der Waals surface area contributed by atoms with Crippen molar-refractivity contribution in [2.75, 3.05) is 0 Å². The molecule has 0 aromatic carbocycles. The Morgan fingerprint density at radius 3 is 1.13 bits per heavy atom. The minimum atomic E-state index is 0.0232. The first-order chi connectivity index (χ1) is 15.0. The molecule has 0 fully saturated rings. The Bertz CT molecular complexity index is 365. The third kappa shape index (κ3) is 27.7. The molecular weight excluding hydrogens is 374 g/mol. The van der Waals surface area contributed by atoms with Crippen molar-refractivity contribution in [3.8, 4) is 0 Å². The van der Waals surface area contributed by atoms with Crippen LogP contribution in [0.1, 0.15) is 175 Å². The predicted octanol–water partition coefficient (Wildman–Crippen LogP) is 10.7. The average Bonchev–Trinajstić information content (AvgIpc) is 2.72. The molecule has 0 aliphatic carbocycles. The van der Waals surface area contributed by atoms with E-state index in [9.17, 15) is 0 Å². The normalized spacial score (nSPS) is 11.9. The summed E-state index contributed by atoms with van der Waals surface area (Å²) in [5.41, 5.74) is 7.57. The van der Waals surface area contributed by atoms with Gasteiger partial charge in [-0.15, -0.1) is 0 Å². The van der Waals surface area contributed by atoms with E-state index in [2.05, 4.69) is 27.4 Å². The fourth-order valence-corrected chi connectivity index (χ4v) is 4.53. The van der Waals surface area contributed by atoms with Crippen LogP contribution in [0.4, 0.5) is 0 Å². The molecule has 0 amide bonds. The number of allylic oxidation sites excluding steroid dienone is 1. The predicted molar refractivity (Wildman–Crippen MR) is 144 cm³/mol. The van der Waals surface area contributed by atoms with E-state index < -0.39 is 0 Å². The van der Waals surface area contributed by atoms with Crippen LogP contribution in [0, 0.1) is 0 Å². The van der Waals surface area contributed by atoms with Gasteiger partial charge in [0.15, 0.2) is 0 Å². The molecule has 2 N–H and O–H groups in total. The highest BCUT2D eigenvalue weighted by Gasteiger charge is 2.08. The lowest BCUT2D eigenvalue weighted by molar-refractivity contribution is 0.440. The molecule has 1 nitrogen and oxygen atoms in total. The summed E-state index contributed by atoms with van der Waals surface area (Å²) in [6, 6.07) is 0. The highest BCUT2D eigenvalue weighted by molar-refractivity contribution is 4.93. The topological polar surface area (TPSA) is 26.0 Å². The van der Waals surface area contributed by atoms with Gasteiger partial charge in [-0.1, -0.05) is 141 Å². The van der Waals surface area contributed by atoms with Gasteiger partial charge in [0, 0.05) is 5.54 Å². The van der Waals surface area contributed by atoms with Gasteiger partial charge in [-0.25, -0.2) is 0 Å². The van der Waals surface area contributed by atoms with Crippen molar-refractivity contribution >= 4 is 0 Å². The molecule has 1 heteroatoms. The van der Waals surface area contributed by atoms with Gasteiger partial charge in [-0.2, -0.15) is 0 Å². The lowest BCUT2D eigenvalue weighted by atomic mass is 9.97. The van der Waals surface area contributed by atoms with Crippen molar-refractivity contribution in [3.05, 3.63) is 12.2 Å². The Kier molecular flexibility index (Phi) is 22.7.